The van der Waals surface area contributed by atoms with Crippen molar-refractivity contribution in [2.75, 3.05) is 49.6 Å². The third-order valence-corrected chi connectivity index (χ3v) is 12.0. The van der Waals surface area contributed by atoms with Crippen LogP contribution in [0.5, 0.6) is 11.5 Å². The molecule has 0 radical (unpaired) electrons. The van der Waals surface area contributed by atoms with Crippen molar-refractivity contribution in [3.8, 4) is 22.9 Å². The number of aromatic nitrogens is 8. The summed E-state index contributed by atoms with van der Waals surface area (Å²) in [4.78, 5) is 27.2. The first kappa shape index (κ1) is 43.9. The second-order valence-electron chi connectivity index (χ2n) is 15.5. The van der Waals surface area contributed by atoms with E-state index in [1.807, 2.05) is 74.8 Å². The highest BCUT2D eigenvalue weighted by molar-refractivity contribution is 6.29. The number of anilines is 6. The van der Waals surface area contributed by atoms with E-state index in [0.29, 0.717) is 33.7 Å². The summed E-state index contributed by atoms with van der Waals surface area (Å²) >= 11 is 11.9. The maximum Gasteiger partial charge on any atom is 0.229 e. The third kappa shape index (κ3) is 9.14. The van der Waals surface area contributed by atoms with Gasteiger partial charge in [-0.3, -0.25) is 0 Å². The van der Waals surface area contributed by atoms with Crippen LogP contribution in [0, 0.1) is 11.6 Å². The summed E-state index contributed by atoms with van der Waals surface area (Å²) in [5.41, 5.74) is 9.39. The van der Waals surface area contributed by atoms with Gasteiger partial charge in [0.15, 0.2) is 0 Å². The van der Waals surface area contributed by atoms with Crippen molar-refractivity contribution in [3.05, 3.63) is 166 Å². The van der Waals surface area contributed by atoms with Gasteiger partial charge in [0.1, 0.15) is 57.7 Å². The largest absolute Gasteiger partial charge is 0.494 e. The number of fused-ring (bicyclic) bond motifs is 2. The number of nitrogens with zero attached hydrogens (tertiary/aromatic N) is 8. The monoisotopic (exact) mass is 928 g/mol. The molecule has 336 valence electrons. The number of methoxy groups -OCH3 is 2. The normalized spacial score (nSPS) is 14.7. The number of rotatable bonds is 12. The number of halogens is 4. The summed E-state index contributed by atoms with van der Waals surface area (Å²) in [5, 5.41) is 13.8. The van der Waals surface area contributed by atoms with E-state index in [2.05, 4.69) is 41.2 Å². The van der Waals surface area contributed by atoms with Crippen LogP contribution in [-0.4, -0.2) is 67.4 Å². The lowest BCUT2D eigenvalue weighted by atomic mass is 9.97. The molecule has 4 heterocycles. The highest BCUT2D eigenvalue weighted by atomic mass is 35.5. The van der Waals surface area contributed by atoms with E-state index >= 15 is 0 Å². The summed E-state index contributed by atoms with van der Waals surface area (Å²) in [6.07, 6.45) is 10.2. The lowest BCUT2D eigenvalue weighted by Gasteiger charge is -2.16. The van der Waals surface area contributed by atoms with Crippen molar-refractivity contribution in [2.24, 2.45) is 0 Å². The molecule has 0 fully saturated rings. The molecule has 0 bridgehead atoms. The van der Waals surface area contributed by atoms with Crippen LogP contribution in [0.2, 0.25) is 10.3 Å². The van der Waals surface area contributed by atoms with Gasteiger partial charge in [0.25, 0.3) is 0 Å². The molecule has 4 aromatic carbocycles. The van der Waals surface area contributed by atoms with E-state index in [4.69, 9.17) is 42.6 Å². The molecule has 0 saturated carbocycles. The van der Waals surface area contributed by atoms with Crippen molar-refractivity contribution in [1.29, 1.82) is 0 Å². The lowest BCUT2D eigenvalue weighted by molar-refractivity contribution is 0.413. The molecule has 0 saturated heterocycles. The fourth-order valence-electron chi connectivity index (χ4n) is 8.54. The maximum atomic E-state index is 13.4. The van der Waals surface area contributed by atoms with Gasteiger partial charge in [0, 0.05) is 73.0 Å². The molecule has 4 N–H and O–H groups in total. The zero-order valence-corrected chi connectivity index (χ0v) is 37.8. The Labute approximate surface area is 389 Å². The Morgan fingerprint density at radius 2 is 0.985 bits per heavy atom. The molecule has 0 amide bonds. The van der Waals surface area contributed by atoms with Gasteiger partial charge in [0.05, 0.1) is 37.0 Å². The van der Waals surface area contributed by atoms with Crippen LogP contribution in [0.25, 0.3) is 11.4 Å². The molecule has 66 heavy (non-hydrogen) atoms. The fraction of sp³-hybridized carbons (Fsp3) is 0.208. The lowest BCUT2D eigenvalue weighted by Crippen LogP contribution is -2.08. The minimum atomic E-state index is -0.242. The zero-order chi connectivity index (χ0) is 45.9. The van der Waals surface area contributed by atoms with Crippen LogP contribution in [0.1, 0.15) is 58.3 Å². The van der Waals surface area contributed by atoms with Crippen molar-refractivity contribution < 1.29 is 18.3 Å². The highest BCUT2D eigenvalue weighted by Gasteiger charge is 2.31. The van der Waals surface area contributed by atoms with E-state index in [1.54, 1.807) is 48.4 Å². The standard InChI is InChI=1S/2C24H22ClFN6O/c2*1-27-23-18-9-8-17(14-3-5-15(26)6-4-14)22(18)30-24(31-23)29-16-7-10-19(20(11-16)33-2)32-12-21(25)28-13-32/h2*3-7,10-13,17H,8-9H2,1-2H3,(H2,27,29,30,31)/t2*17-/m10/s1. The maximum absolute atomic E-state index is 13.4. The molecular formula is C48H44Cl2F2N12O2. The molecular weight excluding hydrogens is 886 g/mol. The second-order valence-corrected chi connectivity index (χ2v) is 16.3. The predicted octanol–water partition coefficient (Wildman–Crippen LogP) is 10.7. The molecule has 2 aliphatic rings. The Morgan fingerprint density at radius 3 is 1.33 bits per heavy atom. The minimum Gasteiger partial charge on any atom is -0.494 e. The second kappa shape index (κ2) is 19.0. The summed E-state index contributed by atoms with van der Waals surface area (Å²) in [6, 6.07) is 24.7. The van der Waals surface area contributed by atoms with E-state index in [0.717, 1.165) is 93.7 Å². The van der Waals surface area contributed by atoms with Crippen molar-refractivity contribution in [2.45, 2.75) is 37.5 Å². The average molecular weight is 930 g/mol. The summed E-state index contributed by atoms with van der Waals surface area (Å²) < 4.78 is 41.6. The van der Waals surface area contributed by atoms with E-state index in [1.165, 1.54) is 24.3 Å². The van der Waals surface area contributed by atoms with E-state index in [9.17, 15) is 8.78 Å². The topological polar surface area (TPSA) is 154 Å². The summed E-state index contributed by atoms with van der Waals surface area (Å²) in [7, 11) is 6.93. The minimum absolute atomic E-state index is 0.0964. The van der Waals surface area contributed by atoms with Gasteiger partial charge in [-0.25, -0.2) is 28.7 Å². The Morgan fingerprint density at radius 1 is 0.576 bits per heavy atom. The number of benzene rings is 4. The van der Waals surface area contributed by atoms with Gasteiger partial charge < -0.3 is 39.9 Å². The first-order chi connectivity index (χ1) is 32.1. The highest BCUT2D eigenvalue weighted by Crippen LogP contribution is 2.42. The van der Waals surface area contributed by atoms with Gasteiger partial charge in [-0.2, -0.15) is 9.97 Å². The van der Waals surface area contributed by atoms with Gasteiger partial charge >= 0.3 is 0 Å². The number of hydrogen-bond donors (Lipinski definition) is 4. The predicted molar refractivity (Wildman–Crippen MR) is 253 cm³/mol. The van der Waals surface area contributed by atoms with Crippen LogP contribution in [0.3, 0.4) is 0 Å². The fourth-order valence-corrected chi connectivity index (χ4v) is 8.84. The molecule has 18 heteroatoms. The first-order valence-corrected chi connectivity index (χ1v) is 21.8. The van der Waals surface area contributed by atoms with Gasteiger partial charge in [0.2, 0.25) is 11.9 Å². The molecule has 0 spiro atoms. The van der Waals surface area contributed by atoms with E-state index < -0.39 is 0 Å². The van der Waals surface area contributed by atoms with Crippen LogP contribution >= 0.6 is 23.2 Å². The quantitative estimate of drug-likeness (QED) is 0.0922. The van der Waals surface area contributed by atoms with Crippen molar-refractivity contribution in [3.63, 3.8) is 0 Å². The van der Waals surface area contributed by atoms with Gasteiger partial charge in [-0.1, -0.05) is 47.5 Å². The first-order valence-electron chi connectivity index (χ1n) is 21.1. The molecule has 2 aliphatic carbocycles. The van der Waals surface area contributed by atoms with Crippen LogP contribution < -0.4 is 30.7 Å². The Balaban J connectivity index is 0.000000166. The number of ether oxygens (including phenoxy) is 2. The third-order valence-electron chi connectivity index (χ3n) is 11.7. The summed E-state index contributed by atoms with van der Waals surface area (Å²) in [5.74, 6) is 3.55. The number of imidazole rings is 2. The Bertz CT molecular complexity index is 2820. The number of hydrogen-bond acceptors (Lipinski definition) is 12. The Kier molecular flexibility index (Phi) is 12.7. The average Bonchev–Trinajstić information content (AvgIpc) is 4.17. The molecule has 2 atom stereocenters. The van der Waals surface area contributed by atoms with Gasteiger partial charge in [-0.15, -0.1) is 0 Å². The molecule has 14 nitrogen and oxygen atoms in total. The zero-order valence-electron chi connectivity index (χ0n) is 36.3. The SMILES string of the molecule is CNc1nc(Nc2ccc(-n3cnc(Cl)c3)c(OC)c2)nc2c1CC[C@@H]2c1ccc(F)cc1.CNc1nc(Nc2ccc(-n3cnc(Cl)c3)c(OC)c2)nc2c1CC[C@H]2c1ccc(F)cc1. The Hall–Kier alpha value is -7.30. The smallest absolute Gasteiger partial charge is 0.229 e. The van der Waals surface area contributed by atoms with Gasteiger partial charge in [-0.05, 0) is 85.3 Å². The van der Waals surface area contributed by atoms with E-state index in [-0.39, 0.29) is 23.5 Å². The van der Waals surface area contributed by atoms with Crippen molar-refractivity contribution in [1.82, 2.24) is 39.0 Å². The number of nitrogens with one attached hydrogen (secondary N) is 4. The molecule has 0 aliphatic heterocycles. The molecule has 10 rings (SSSR count). The molecule has 8 aromatic rings. The molecule has 4 aromatic heterocycles. The van der Waals surface area contributed by atoms with Crippen LogP contribution in [0.4, 0.5) is 43.7 Å². The van der Waals surface area contributed by atoms with Crippen molar-refractivity contribution >= 4 is 58.1 Å². The summed E-state index contributed by atoms with van der Waals surface area (Å²) in [6.45, 7) is 0. The van der Waals surface area contributed by atoms with Crippen LogP contribution in [-0.2, 0) is 12.8 Å². The van der Waals surface area contributed by atoms with Crippen LogP contribution in [0.15, 0.2) is 110 Å². The molecule has 0 unspecified atom stereocenters.